The summed E-state index contributed by atoms with van der Waals surface area (Å²) in [5.41, 5.74) is 0. The van der Waals surface area contributed by atoms with Gasteiger partial charge in [0.2, 0.25) is 0 Å². The summed E-state index contributed by atoms with van der Waals surface area (Å²) in [6.45, 7) is 1.77. The smallest absolute Gasteiger partial charge is 0.396 e. The first-order valence-electron chi connectivity index (χ1n) is 2.66. The van der Waals surface area contributed by atoms with E-state index in [1.807, 2.05) is 5.21 Å². The molecule has 0 unspecified atom stereocenters. The zero-order valence-electron chi connectivity index (χ0n) is 5.76. The van der Waals surface area contributed by atoms with Crippen LogP contribution in [-0.4, -0.2) is 25.6 Å². The van der Waals surface area contributed by atoms with Crippen LogP contribution in [0.25, 0.3) is 0 Å². The van der Waals surface area contributed by atoms with E-state index in [1.165, 1.54) is 0 Å². The Morgan fingerprint density at radius 1 is 1.70 bits per heavy atom. The maximum Gasteiger partial charge on any atom is 0.396 e. The SMILES string of the molecule is CCOC(=O)/C(=N\F)OC. The number of hydrogen-bond donors (Lipinski definition) is 0. The highest BCUT2D eigenvalue weighted by molar-refractivity contribution is 6.32. The van der Waals surface area contributed by atoms with Crippen molar-refractivity contribution in [3.8, 4) is 0 Å². The van der Waals surface area contributed by atoms with Crippen LogP contribution in [0.5, 0.6) is 0 Å². The molecule has 0 spiro atoms. The highest BCUT2D eigenvalue weighted by atomic mass is 19.2. The van der Waals surface area contributed by atoms with Gasteiger partial charge in [-0.3, -0.25) is 0 Å². The molecule has 0 aliphatic heterocycles. The van der Waals surface area contributed by atoms with Crippen molar-refractivity contribution >= 4 is 11.9 Å². The van der Waals surface area contributed by atoms with Gasteiger partial charge in [-0.1, -0.05) is 4.48 Å². The molecular weight excluding hydrogens is 141 g/mol. The molecule has 4 nitrogen and oxygen atoms in total. The highest BCUT2D eigenvalue weighted by Crippen LogP contribution is 1.86. The first-order chi connectivity index (χ1) is 4.76. The number of nitrogens with zero attached hydrogens (tertiary/aromatic N) is 1. The number of halogens is 1. The lowest BCUT2D eigenvalue weighted by Crippen LogP contribution is -2.18. The molecule has 0 aromatic carbocycles. The third-order valence-electron chi connectivity index (χ3n) is 0.720. The third kappa shape index (κ3) is 2.43. The Hall–Kier alpha value is -1.13. The quantitative estimate of drug-likeness (QED) is 0.309. The Morgan fingerprint density at radius 2 is 2.30 bits per heavy atom. The van der Waals surface area contributed by atoms with E-state index in [9.17, 15) is 9.28 Å². The molecule has 58 valence electrons. The highest BCUT2D eigenvalue weighted by Gasteiger charge is 2.12. The van der Waals surface area contributed by atoms with Gasteiger partial charge in [-0.25, -0.2) is 4.79 Å². The summed E-state index contributed by atoms with van der Waals surface area (Å²) < 4.78 is 20.0. The predicted octanol–water partition coefficient (Wildman–Crippen LogP) is 0.479. The van der Waals surface area contributed by atoms with Crippen molar-refractivity contribution in [1.29, 1.82) is 0 Å². The van der Waals surface area contributed by atoms with Crippen LogP contribution in [0, 0.1) is 0 Å². The summed E-state index contributed by atoms with van der Waals surface area (Å²) >= 11 is 0. The molecule has 0 N–H and O–H groups in total. The Kier molecular flexibility index (Phi) is 4.19. The van der Waals surface area contributed by atoms with Gasteiger partial charge < -0.3 is 9.47 Å². The minimum Gasteiger partial charge on any atom is -0.474 e. The Balaban J connectivity index is 3.91. The van der Waals surface area contributed by atoms with Crippen molar-refractivity contribution < 1.29 is 18.7 Å². The van der Waals surface area contributed by atoms with E-state index in [0.29, 0.717) is 0 Å². The largest absolute Gasteiger partial charge is 0.474 e. The van der Waals surface area contributed by atoms with Gasteiger partial charge in [0.25, 0.3) is 0 Å². The second-order valence-corrected chi connectivity index (χ2v) is 1.31. The lowest BCUT2D eigenvalue weighted by atomic mass is 10.6. The molecule has 0 aliphatic carbocycles. The van der Waals surface area contributed by atoms with E-state index >= 15 is 0 Å². The predicted molar refractivity (Wildman–Crippen MR) is 32.2 cm³/mol. The van der Waals surface area contributed by atoms with Crippen LogP contribution in [0.15, 0.2) is 5.21 Å². The zero-order valence-corrected chi connectivity index (χ0v) is 5.76. The van der Waals surface area contributed by atoms with Crippen LogP contribution >= 0.6 is 0 Å². The molecule has 0 atom stereocenters. The van der Waals surface area contributed by atoms with Crippen LogP contribution in [0.2, 0.25) is 0 Å². The van der Waals surface area contributed by atoms with Crippen molar-refractivity contribution in [2.75, 3.05) is 13.7 Å². The van der Waals surface area contributed by atoms with Crippen molar-refractivity contribution in [3.63, 3.8) is 0 Å². The Morgan fingerprint density at radius 3 is 2.60 bits per heavy atom. The average molecular weight is 149 g/mol. The lowest BCUT2D eigenvalue weighted by molar-refractivity contribution is -0.136. The maximum atomic E-state index is 11.4. The summed E-state index contributed by atoms with van der Waals surface area (Å²) in [4.78, 5) is 10.5. The standard InChI is InChI=1S/C5H8FNO3/c1-3-10-5(8)4(7-6)9-2/h3H2,1-2H3/b7-4+. The molecule has 0 fully saturated rings. The van der Waals surface area contributed by atoms with Gasteiger partial charge in [0.05, 0.1) is 13.7 Å². The second-order valence-electron chi connectivity index (χ2n) is 1.31. The molecule has 0 saturated carbocycles. The van der Waals surface area contributed by atoms with Crippen molar-refractivity contribution in [1.82, 2.24) is 0 Å². The fraction of sp³-hybridized carbons (Fsp3) is 0.600. The average Bonchev–Trinajstić information content (AvgIpc) is 1.91. The molecule has 0 aromatic heterocycles. The topological polar surface area (TPSA) is 47.9 Å². The van der Waals surface area contributed by atoms with Crippen LogP contribution < -0.4 is 0 Å². The zero-order chi connectivity index (χ0) is 7.98. The van der Waals surface area contributed by atoms with Crippen molar-refractivity contribution in [2.45, 2.75) is 6.92 Å². The minimum atomic E-state index is -0.896. The number of methoxy groups -OCH3 is 1. The molecule has 0 aliphatic rings. The molecule has 0 heterocycles. The Labute approximate surface area is 57.6 Å². The molecular formula is C5H8FNO3. The van der Waals surface area contributed by atoms with Crippen LogP contribution in [0.4, 0.5) is 4.48 Å². The Bertz CT molecular complexity index is 146. The fourth-order valence-corrected chi connectivity index (χ4v) is 0.345. The van der Waals surface area contributed by atoms with E-state index in [2.05, 4.69) is 9.47 Å². The van der Waals surface area contributed by atoms with Gasteiger partial charge >= 0.3 is 11.9 Å². The second kappa shape index (κ2) is 4.72. The number of carbonyl (C=O) groups excluding carboxylic acids is 1. The molecule has 0 rings (SSSR count). The van der Waals surface area contributed by atoms with Crippen molar-refractivity contribution in [3.05, 3.63) is 0 Å². The van der Waals surface area contributed by atoms with E-state index in [1.54, 1.807) is 6.92 Å². The first kappa shape index (κ1) is 8.87. The maximum absolute atomic E-state index is 11.4. The summed E-state index contributed by atoms with van der Waals surface area (Å²) in [7, 11) is 1.13. The fourth-order valence-electron chi connectivity index (χ4n) is 0.345. The summed E-state index contributed by atoms with van der Waals surface area (Å²) in [5.74, 6) is -1.56. The molecule has 10 heavy (non-hydrogen) atoms. The molecule has 5 heteroatoms. The molecule has 0 saturated heterocycles. The molecule has 0 aromatic rings. The van der Waals surface area contributed by atoms with Crippen LogP contribution in [0.1, 0.15) is 6.92 Å². The van der Waals surface area contributed by atoms with Gasteiger partial charge in [-0.2, -0.15) is 0 Å². The van der Waals surface area contributed by atoms with E-state index in [0.717, 1.165) is 7.11 Å². The van der Waals surface area contributed by atoms with Gasteiger partial charge in [0.1, 0.15) is 0 Å². The number of rotatable bonds is 1. The molecule has 0 amide bonds. The van der Waals surface area contributed by atoms with E-state index in [-0.39, 0.29) is 6.61 Å². The molecule has 0 bridgehead atoms. The normalized spacial score (nSPS) is 10.9. The summed E-state index contributed by atoms with van der Waals surface area (Å²) in [5, 5.41) is 2.04. The van der Waals surface area contributed by atoms with Crippen LogP contribution in [-0.2, 0) is 14.3 Å². The number of esters is 1. The number of hydrogen-bond acceptors (Lipinski definition) is 4. The van der Waals surface area contributed by atoms with E-state index < -0.39 is 11.9 Å². The van der Waals surface area contributed by atoms with Crippen LogP contribution in [0.3, 0.4) is 0 Å². The first-order valence-corrected chi connectivity index (χ1v) is 2.66. The van der Waals surface area contributed by atoms with Gasteiger partial charge in [-0.05, 0) is 12.1 Å². The lowest BCUT2D eigenvalue weighted by Gasteiger charge is -1.99. The minimum absolute atomic E-state index is 0.168. The number of carbonyl (C=O) groups is 1. The number of ether oxygens (including phenoxy) is 2. The van der Waals surface area contributed by atoms with Gasteiger partial charge in [-0.15, -0.1) is 0 Å². The monoisotopic (exact) mass is 149 g/mol. The van der Waals surface area contributed by atoms with Gasteiger partial charge in [0, 0.05) is 0 Å². The third-order valence-corrected chi connectivity index (χ3v) is 0.720. The van der Waals surface area contributed by atoms with Gasteiger partial charge in [0.15, 0.2) is 0 Å². The molecule has 0 radical (unpaired) electrons. The van der Waals surface area contributed by atoms with E-state index in [4.69, 9.17) is 0 Å². The van der Waals surface area contributed by atoms with Crippen molar-refractivity contribution in [2.24, 2.45) is 5.21 Å². The summed E-state index contributed by atoms with van der Waals surface area (Å²) in [6.07, 6.45) is 0. The summed E-state index contributed by atoms with van der Waals surface area (Å²) in [6, 6.07) is 0.